The average Bonchev–Trinajstić information content (AvgIpc) is 2.20. The minimum Gasteiger partial charge on any atom is -0.297 e. The second kappa shape index (κ2) is 9.34. The van der Waals surface area contributed by atoms with Gasteiger partial charge in [-0.3, -0.25) is 9.05 Å². The quantitative estimate of drug-likeness (QED) is 0.467. The number of nitrogens with two attached hydrogens (primary N) is 1. The van der Waals surface area contributed by atoms with E-state index in [1.807, 2.05) is 0 Å². The molecule has 0 saturated heterocycles. The van der Waals surface area contributed by atoms with Crippen LogP contribution in [0, 0.1) is 0 Å². The van der Waals surface area contributed by atoms with Crippen LogP contribution in [0.25, 0.3) is 0 Å². The molecule has 0 aliphatic rings. The molecule has 0 rings (SSSR count). The molecule has 0 unspecified atom stereocenters. The number of rotatable bonds is 10. The maximum Gasteiger partial charge on any atom is 0.402 e. The van der Waals surface area contributed by atoms with Gasteiger partial charge in [0.2, 0.25) is 0 Å². The van der Waals surface area contributed by atoms with Gasteiger partial charge in [0.05, 0.1) is 13.2 Å². The zero-order valence-electron chi connectivity index (χ0n) is 9.91. The molecule has 0 atom stereocenters. The molecule has 15 heavy (non-hydrogen) atoms. The van der Waals surface area contributed by atoms with Crippen LogP contribution in [0.4, 0.5) is 0 Å². The van der Waals surface area contributed by atoms with Crippen LogP contribution in [-0.2, 0) is 13.6 Å². The van der Waals surface area contributed by atoms with Gasteiger partial charge >= 0.3 is 7.75 Å². The lowest BCUT2D eigenvalue weighted by atomic mass is 10.3. The summed E-state index contributed by atoms with van der Waals surface area (Å²) in [4.78, 5) is 0. The largest absolute Gasteiger partial charge is 0.402 e. The summed E-state index contributed by atoms with van der Waals surface area (Å²) >= 11 is 0. The topological polar surface area (TPSA) is 61.5 Å². The van der Waals surface area contributed by atoms with Crippen LogP contribution < -0.4 is 5.50 Å². The monoisotopic (exact) mass is 237 g/mol. The number of hydrogen-bond acceptors (Lipinski definition) is 3. The van der Waals surface area contributed by atoms with Crippen molar-refractivity contribution in [2.24, 2.45) is 5.50 Å². The first-order valence-electron chi connectivity index (χ1n) is 5.80. The van der Waals surface area contributed by atoms with Crippen molar-refractivity contribution in [3.8, 4) is 0 Å². The van der Waals surface area contributed by atoms with E-state index < -0.39 is 7.75 Å². The zero-order valence-corrected chi connectivity index (χ0v) is 10.8. The van der Waals surface area contributed by atoms with Gasteiger partial charge in [-0.15, -0.1) is 0 Å². The summed E-state index contributed by atoms with van der Waals surface area (Å²) < 4.78 is 21.5. The molecule has 0 bridgehead atoms. The van der Waals surface area contributed by atoms with Gasteiger partial charge in [0.1, 0.15) is 0 Å². The van der Waals surface area contributed by atoms with Gasteiger partial charge in [-0.2, -0.15) is 0 Å². The molecule has 0 aromatic rings. The van der Waals surface area contributed by atoms with Gasteiger partial charge in [0.25, 0.3) is 0 Å². The lowest BCUT2D eigenvalue weighted by Crippen LogP contribution is -2.06. The SMILES string of the molecule is CCCCCOP(N)(=O)OCCCCC. The van der Waals surface area contributed by atoms with Gasteiger partial charge < -0.3 is 0 Å². The maximum absolute atomic E-state index is 11.5. The molecule has 0 heterocycles. The Morgan fingerprint density at radius 2 is 1.33 bits per heavy atom. The fourth-order valence-electron chi connectivity index (χ4n) is 1.12. The molecule has 0 aliphatic carbocycles. The fraction of sp³-hybridized carbons (Fsp3) is 1.00. The molecule has 5 heteroatoms. The second-order valence-corrected chi connectivity index (χ2v) is 5.22. The summed E-state index contributed by atoms with van der Waals surface area (Å²) in [5.74, 6) is 0. The zero-order chi connectivity index (χ0) is 11.6. The van der Waals surface area contributed by atoms with Crippen LogP contribution in [-0.4, -0.2) is 13.2 Å². The van der Waals surface area contributed by atoms with Crippen molar-refractivity contribution in [1.29, 1.82) is 0 Å². The van der Waals surface area contributed by atoms with Crippen LogP contribution in [0.15, 0.2) is 0 Å². The summed E-state index contributed by atoms with van der Waals surface area (Å²) in [7, 11) is -3.27. The molecule has 0 amide bonds. The summed E-state index contributed by atoms with van der Waals surface area (Å²) in [6.45, 7) is 5.05. The Morgan fingerprint density at radius 1 is 0.933 bits per heavy atom. The minimum absolute atomic E-state index is 0.426. The molecule has 0 aromatic carbocycles. The summed E-state index contributed by atoms with van der Waals surface area (Å²) in [5, 5.41) is 0. The molecule has 4 nitrogen and oxygen atoms in total. The van der Waals surface area contributed by atoms with E-state index in [-0.39, 0.29) is 0 Å². The van der Waals surface area contributed by atoms with E-state index in [9.17, 15) is 4.57 Å². The van der Waals surface area contributed by atoms with Crippen molar-refractivity contribution >= 4 is 7.75 Å². The average molecular weight is 237 g/mol. The third-order valence-corrected chi connectivity index (χ3v) is 3.12. The van der Waals surface area contributed by atoms with Crippen LogP contribution >= 0.6 is 7.75 Å². The molecule has 0 radical (unpaired) electrons. The number of unbranched alkanes of at least 4 members (excludes halogenated alkanes) is 4. The maximum atomic E-state index is 11.5. The van der Waals surface area contributed by atoms with Crippen LogP contribution in [0.2, 0.25) is 0 Å². The van der Waals surface area contributed by atoms with Crippen molar-refractivity contribution in [2.75, 3.05) is 13.2 Å². The third kappa shape index (κ3) is 10.4. The van der Waals surface area contributed by atoms with E-state index in [1.54, 1.807) is 0 Å². The Bertz CT molecular complexity index is 172. The second-order valence-electron chi connectivity index (χ2n) is 3.62. The molecular formula is C10H24NO3P. The van der Waals surface area contributed by atoms with Crippen LogP contribution in [0.3, 0.4) is 0 Å². The lowest BCUT2D eigenvalue weighted by Gasteiger charge is -2.13. The molecule has 0 aromatic heterocycles. The van der Waals surface area contributed by atoms with E-state index >= 15 is 0 Å². The van der Waals surface area contributed by atoms with Gasteiger partial charge in [0.15, 0.2) is 0 Å². The highest BCUT2D eigenvalue weighted by Crippen LogP contribution is 2.39. The predicted octanol–water partition coefficient (Wildman–Crippen LogP) is 3.47. The molecule has 0 aliphatic heterocycles. The van der Waals surface area contributed by atoms with E-state index in [1.165, 1.54) is 0 Å². The smallest absolute Gasteiger partial charge is 0.297 e. The Labute approximate surface area is 93.1 Å². The van der Waals surface area contributed by atoms with Gasteiger partial charge in [-0.05, 0) is 12.8 Å². The summed E-state index contributed by atoms with van der Waals surface area (Å²) in [6.07, 6.45) is 6.11. The molecule has 0 fully saturated rings. The Hall–Kier alpha value is 0.110. The first-order valence-corrected chi connectivity index (χ1v) is 7.41. The first kappa shape index (κ1) is 15.1. The summed E-state index contributed by atoms with van der Waals surface area (Å²) in [5.41, 5.74) is 5.39. The normalized spacial score (nSPS) is 11.9. The molecule has 0 saturated carbocycles. The van der Waals surface area contributed by atoms with E-state index in [0.717, 1.165) is 38.5 Å². The van der Waals surface area contributed by atoms with Crippen molar-refractivity contribution in [2.45, 2.75) is 52.4 Å². The summed E-state index contributed by atoms with van der Waals surface area (Å²) in [6, 6.07) is 0. The van der Waals surface area contributed by atoms with Gasteiger partial charge in [0, 0.05) is 0 Å². The highest BCUT2D eigenvalue weighted by atomic mass is 31.2. The minimum atomic E-state index is -3.27. The predicted molar refractivity (Wildman–Crippen MR) is 62.7 cm³/mol. The van der Waals surface area contributed by atoms with E-state index in [4.69, 9.17) is 14.6 Å². The van der Waals surface area contributed by atoms with Crippen LogP contribution in [0.5, 0.6) is 0 Å². The van der Waals surface area contributed by atoms with E-state index in [2.05, 4.69) is 13.8 Å². The molecule has 0 spiro atoms. The van der Waals surface area contributed by atoms with Crippen LogP contribution in [0.1, 0.15) is 52.4 Å². The Balaban J connectivity index is 3.45. The van der Waals surface area contributed by atoms with Gasteiger partial charge in [-0.1, -0.05) is 39.5 Å². The van der Waals surface area contributed by atoms with E-state index in [0.29, 0.717) is 13.2 Å². The molecule has 92 valence electrons. The molecular weight excluding hydrogens is 213 g/mol. The van der Waals surface area contributed by atoms with Crippen molar-refractivity contribution in [1.82, 2.24) is 0 Å². The Morgan fingerprint density at radius 3 is 1.67 bits per heavy atom. The van der Waals surface area contributed by atoms with Crippen molar-refractivity contribution in [3.63, 3.8) is 0 Å². The standard InChI is InChI=1S/C10H24NO3P/c1-3-5-7-9-13-15(11,12)14-10-8-6-4-2/h3-10H2,1-2H3,(H2,11,12). The first-order chi connectivity index (χ1) is 7.12. The fourth-order valence-corrected chi connectivity index (χ4v) is 1.97. The highest BCUT2D eigenvalue weighted by Gasteiger charge is 2.16. The van der Waals surface area contributed by atoms with Crippen molar-refractivity contribution < 1.29 is 13.6 Å². The highest BCUT2D eigenvalue weighted by molar-refractivity contribution is 7.51. The van der Waals surface area contributed by atoms with Crippen molar-refractivity contribution in [3.05, 3.63) is 0 Å². The third-order valence-electron chi connectivity index (χ3n) is 2.04. The Kier molecular flexibility index (Phi) is 9.41. The number of hydrogen-bond donors (Lipinski definition) is 1. The van der Waals surface area contributed by atoms with Gasteiger partial charge in [-0.25, -0.2) is 10.1 Å². The molecule has 2 N–H and O–H groups in total. The lowest BCUT2D eigenvalue weighted by molar-refractivity contribution is 0.198.